The maximum absolute atomic E-state index is 5.49. The van der Waals surface area contributed by atoms with Gasteiger partial charge in [-0.25, -0.2) is 0 Å². The predicted molar refractivity (Wildman–Crippen MR) is 75.1 cm³/mol. The summed E-state index contributed by atoms with van der Waals surface area (Å²) >= 11 is 0. The normalized spacial score (nSPS) is 12.1. The molecule has 0 aliphatic carbocycles. The van der Waals surface area contributed by atoms with Crippen molar-refractivity contribution < 1.29 is 4.74 Å². The van der Waals surface area contributed by atoms with Gasteiger partial charge < -0.3 is 10.1 Å². The van der Waals surface area contributed by atoms with Gasteiger partial charge >= 0.3 is 0 Å². The Morgan fingerprint density at radius 3 is 2.68 bits per heavy atom. The predicted octanol–water partition coefficient (Wildman–Crippen LogP) is 2.38. The van der Waals surface area contributed by atoms with Crippen LogP contribution in [0.5, 0.6) is 5.75 Å². The first-order chi connectivity index (χ1) is 9.33. The lowest BCUT2D eigenvalue weighted by Gasteiger charge is -2.17. The number of likely N-dealkylation sites (N-methyl/N-ethyl adjacent to an activating group) is 1. The van der Waals surface area contributed by atoms with Gasteiger partial charge in [-0.2, -0.15) is 0 Å². The van der Waals surface area contributed by atoms with Gasteiger partial charge in [0.15, 0.2) is 0 Å². The second-order valence-corrected chi connectivity index (χ2v) is 4.29. The fraction of sp³-hybridized carbons (Fsp3) is 0.333. The smallest absolute Gasteiger partial charge is 0.137 e. The number of hydrogen-bond acceptors (Lipinski definition) is 4. The Morgan fingerprint density at radius 2 is 2.00 bits per heavy atom. The third-order valence-corrected chi connectivity index (χ3v) is 2.99. The van der Waals surface area contributed by atoms with Crippen molar-refractivity contribution in [2.75, 3.05) is 13.7 Å². The molecule has 2 heterocycles. The zero-order chi connectivity index (χ0) is 13.5. The number of ether oxygens (including phenoxy) is 1. The summed E-state index contributed by atoms with van der Waals surface area (Å²) in [6, 6.07) is 6.32. The van der Waals surface area contributed by atoms with Crippen LogP contribution < -0.4 is 10.1 Å². The summed E-state index contributed by atoms with van der Waals surface area (Å²) in [4.78, 5) is 8.27. The quantitative estimate of drug-likeness (QED) is 0.863. The molecular formula is C15H19N3O. The van der Waals surface area contributed by atoms with Crippen molar-refractivity contribution in [1.82, 2.24) is 15.3 Å². The Bertz CT molecular complexity index is 502. The van der Waals surface area contributed by atoms with Gasteiger partial charge in [0.05, 0.1) is 12.8 Å². The molecule has 0 aliphatic heterocycles. The molecule has 4 nitrogen and oxygen atoms in total. The van der Waals surface area contributed by atoms with Crippen LogP contribution in [0, 0.1) is 0 Å². The van der Waals surface area contributed by atoms with Crippen molar-refractivity contribution in [3.05, 3.63) is 54.1 Å². The monoisotopic (exact) mass is 257 g/mol. The van der Waals surface area contributed by atoms with E-state index in [1.165, 1.54) is 5.56 Å². The molecule has 0 radical (unpaired) electrons. The first kappa shape index (κ1) is 13.5. The van der Waals surface area contributed by atoms with E-state index in [0.29, 0.717) is 6.61 Å². The maximum atomic E-state index is 5.49. The van der Waals surface area contributed by atoms with Gasteiger partial charge in [-0.1, -0.05) is 0 Å². The summed E-state index contributed by atoms with van der Waals surface area (Å²) < 4.78 is 5.49. The molecule has 0 fully saturated rings. The van der Waals surface area contributed by atoms with Gasteiger partial charge in [0, 0.05) is 24.6 Å². The van der Waals surface area contributed by atoms with E-state index in [0.717, 1.165) is 17.7 Å². The molecule has 0 amide bonds. The highest BCUT2D eigenvalue weighted by Crippen LogP contribution is 2.21. The molecule has 0 saturated heterocycles. The third-order valence-electron chi connectivity index (χ3n) is 2.99. The lowest BCUT2D eigenvalue weighted by atomic mass is 10.0. The first-order valence-electron chi connectivity index (χ1n) is 6.47. The van der Waals surface area contributed by atoms with E-state index in [1.54, 1.807) is 6.20 Å². The summed E-state index contributed by atoms with van der Waals surface area (Å²) in [7, 11) is 1.96. The van der Waals surface area contributed by atoms with Crippen molar-refractivity contribution in [2.24, 2.45) is 0 Å². The maximum Gasteiger partial charge on any atom is 0.137 e. The van der Waals surface area contributed by atoms with Crippen LogP contribution in [-0.4, -0.2) is 23.6 Å². The third kappa shape index (κ3) is 3.76. The molecule has 0 aliphatic rings. The molecular weight excluding hydrogens is 238 g/mol. The van der Waals surface area contributed by atoms with Crippen molar-refractivity contribution >= 4 is 0 Å². The van der Waals surface area contributed by atoms with E-state index in [4.69, 9.17) is 4.74 Å². The Morgan fingerprint density at radius 1 is 1.21 bits per heavy atom. The standard InChI is InChI=1S/C15H19N3O/c1-3-19-14-9-13(10-18-11-14)15(16-2)8-12-4-6-17-7-5-12/h4-7,9-11,15-16H,3,8H2,1-2H3. The number of aromatic nitrogens is 2. The minimum atomic E-state index is 0.218. The SMILES string of the molecule is CCOc1cncc(C(Cc2ccncc2)NC)c1. The van der Waals surface area contributed by atoms with Crippen LogP contribution in [-0.2, 0) is 6.42 Å². The molecule has 1 N–H and O–H groups in total. The lowest BCUT2D eigenvalue weighted by Crippen LogP contribution is -2.19. The van der Waals surface area contributed by atoms with Gasteiger partial charge in [-0.15, -0.1) is 0 Å². The van der Waals surface area contributed by atoms with Crippen LogP contribution in [0.4, 0.5) is 0 Å². The van der Waals surface area contributed by atoms with Crippen LogP contribution in [0.3, 0.4) is 0 Å². The van der Waals surface area contributed by atoms with Crippen molar-refractivity contribution in [1.29, 1.82) is 0 Å². The minimum absolute atomic E-state index is 0.218. The second kappa shape index (κ2) is 6.85. The van der Waals surface area contributed by atoms with E-state index in [9.17, 15) is 0 Å². The number of pyridine rings is 2. The van der Waals surface area contributed by atoms with Crippen molar-refractivity contribution in [2.45, 2.75) is 19.4 Å². The van der Waals surface area contributed by atoms with E-state index >= 15 is 0 Å². The van der Waals surface area contributed by atoms with Gasteiger partial charge in [-0.05, 0) is 49.7 Å². The second-order valence-electron chi connectivity index (χ2n) is 4.29. The van der Waals surface area contributed by atoms with Gasteiger partial charge in [0.1, 0.15) is 5.75 Å². The number of rotatable bonds is 6. The van der Waals surface area contributed by atoms with Crippen LogP contribution in [0.1, 0.15) is 24.1 Å². The fourth-order valence-electron chi connectivity index (χ4n) is 2.01. The molecule has 100 valence electrons. The lowest BCUT2D eigenvalue weighted by molar-refractivity contribution is 0.338. The highest BCUT2D eigenvalue weighted by molar-refractivity contribution is 5.27. The molecule has 0 saturated carbocycles. The summed E-state index contributed by atoms with van der Waals surface area (Å²) in [6.45, 7) is 2.62. The molecule has 2 aromatic rings. The van der Waals surface area contributed by atoms with E-state index in [-0.39, 0.29) is 6.04 Å². The average Bonchev–Trinajstić information content (AvgIpc) is 2.46. The van der Waals surface area contributed by atoms with Crippen molar-refractivity contribution in [3.8, 4) is 5.75 Å². The number of nitrogens with one attached hydrogen (secondary N) is 1. The molecule has 19 heavy (non-hydrogen) atoms. The van der Waals surface area contributed by atoms with E-state index in [2.05, 4.69) is 15.3 Å². The molecule has 2 aromatic heterocycles. The minimum Gasteiger partial charge on any atom is -0.492 e. The fourth-order valence-corrected chi connectivity index (χ4v) is 2.01. The highest BCUT2D eigenvalue weighted by Gasteiger charge is 2.11. The van der Waals surface area contributed by atoms with Gasteiger partial charge in [-0.3, -0.25) is 9.97 Å². The Hall–Kier alpha value is -1.94. The highest BCUT2D eigenvalue weighted by atomic mass is 16.5. The van der Waals surface area contributed by atoms with Crippen molar-refractivity contribution in [3.63, 3.8) is 0 Å². The molecule has 2 rings (SSSR count). The van der Waals surface area contributed by atoms with Crippen LogP contribution in [0.15, 0.2) is 43.0 Å². The topological polar surface area (TPSA) is 47.0 Å². The Labute approximate surface area is 113 Å². The van der Waals surface area contributed by atoms with Crippen LogP contribution >= 0.6 is 0 Å². The summed E-state index contributed by atoms with van der Waals surface area (Å²) in [5.41, 5.74) is 2.38. The zero-order valence-electron chi connectivity index (χ0n) is 11.3. The summed E-state index contributed by atoms with van der Waals surface area (Å²) in [5.74, 6) is 0.815. The van der Waals surface area contributed by atoms with E-state index < -0.39 is 0 Å². The summed E-state index contributed by atoms with van der Waals surface area (Å²) in [6.07, 6.45) is 8.15. The number of nitrogens with zero attached hydrogens (tertiary/aromatic N) is 2. The average molecular weight is 257 g/mol. The van der Waals surface area contributed by atoms with E-state index in [1.807, 2.05) is 50.8 Å². The Balaban J connectivity index is 2.15. The number of hydrogen-bond donors (Lipinski definition) is 1. The molecule has 0 bridgehead atoms. The van der Waals surface area contributed by atoms with Crippen LogP contribution in [0.2, 0.25) is 0 Å². The molecule has 1 unspecified atom stereocenters. The molecule has 0 spiro atoms. The Kier molecular flexibility index (Phi) is 4.86. The summed E-state index contributed by atoms with van der Waals surface area (Å²) in [5, 5.41) is 3.32. The molecule has 1 atom stereocenters. The van der Waals surface area contributed by atoms with Crippen LogP contribution in [0.25, 0.3) is 0 Å². The first-order valence-corrected chi connectivity index (χ1v) is 6.47. The van der Waals surface area contributed by atoms with Gasteiger partial charge in [0.2, 0.25) is 0 Å². The van der Waals surface area contributed by atoms with Gasteiger partial charge in [0.25, 0.3) is 0 Å². The largest absolute Gasteiger partial charge is 0.492 e. The molecule has 0 aromatic carbocycles. The molecule has 4 heteroatoms. The zero-order valence-corrected chi connectivity index (χ0v) is 11.3.